The van der Waals surface area contributed by atoms with Crippen LogP contribution < -0.4 is 0 Å². The van der Waals surface area contributed by atoms with Crippen LogP contribution in [0, 0.1) is 46.3 Å². The van der Waals surface area contributed by atoms with Crippen LogP contribution in [0.1, 0.15) is 79.1 Å². The molecule has 0 aromatic rings. The van der Waals surface area contributed by atoms with Crippen molar-refractivity contribution in [2.45, 2.75) is 79.1 Å². The van der Waals surface area contributed by atoms with Crippen molar-refractivity contribution in [1.82, 2.24) is 0 Å². The van der Waals surface area contributed by atoms with E-state index in [1.54, 1.807) is 5.57 Å². The van der Waals surface area contributed by atoms with Gasteiger partial charge in [0.1, 0.15) is 0 Å². The van der Waals surface area contributed by atoms with Crippen molar-refractivity contribution >= 4 is 0 Å². The molecule has 0 bridgehead atoms. The molecule has 4 saturated carbocycles. The first-order valence-corrected chi connectivity index (χ1v) is 10.1. The van der Waals surface area contributed by atoms with Gasteiger partial charge in [-0.25, -0.2) is 0 Å². The molecule has 0 N–H and O–H groups in total. The molecule has 4 aliphatic carbocycles. The highest BCUT2D eigenvalue weighted by Crippen LogP contribution is 2.68. The Balaban J connectivity index is 1.64. The van der Waals surface area contributed by atoms with E-state index in [0.29, 0.717) is 10.8 Å². The molecule has 8 atom stereocenters. The predicted molar refractivity (Wildman–Crippen MR) is 94.6 cm³/mol. The molecular weight excluding hydrogens is 264 g/mol. The van der Waals surface area contributed by atoms with Gasteiger partial charge in [0.15, 0.2) is 0 Å². The summed E-state index contributed by atoms with van der Waals surface area (Å²) in [7, 11) is 0. The fraction of sp³-hybridized carbons (Fsp3) is 0.909. The Kier molecular flexibility index (Phi) is 3.38. The number of allylic oxidation sites excluding steroid dienone is 1. The number of hydrogen-bond acceptors (Lipinski definition) is 0. The van der Waals surface area contributed by atoms with E-state index in [2.05, 4.69) is 34.3 Å². The maximum absolute atomic E-state index is 4.54. The molecule has 0 radical (unpaired) electrons. The standard InChI is InChI=1S/C22H36/c1-14-8-10-22(5)17(12-14)6-7-18-19(22)9-11-21(4)16(3)15(2)13-20(18)21/h14-15,17-20H,3,6-13H2,1-2,4-5H3. The summed E-state index contributed by atoms with van der Waals surface area (Å²) in [6, 6.07) is 0. The molecule has 8 unspecified atom stereocenters. The fourth-order valence-electron chi connectivity index (χ4n) is 7.71. The molecule has 0 amide bonds. The van der Waals surface area contributed by atoms with E-state index in [1.165, 1.54) is 51.4 Å². The summed E-state index contributed by atoms with van der Waals surface area (Å²) in [5, 5.41) is 0. The quantitative estimate of drug-likeness (QED) is 0.450. The lowest BCUT2D eigenvalue weighted by Crippen LogP contribution is -2.52. The Morgan fingerprint density at radius 2 is 1.68 bits per heavy atom. The highest BCUT2D eigenvalue weighted by molar-refractivity contribution is 5.23. The van der Waals surface area contributed by atoms with Gasteiger partial charge in [-0.05, 0) is 91.3 Å². The Bertz CT molecular complexity index is 476. The maximum Gasteiger partial charge on any atom is -0.00851 e. The van der Waals surface area contributed by atoms with Gasteiger partial charge in [-0.15, -0.1) is 0 Å². The van der Waals surface area contributed by atoms with Crippen molar-refractivity contribution in [1.29, 1.82) is 0 Å². The smallest absolute Gasteiger partial charge is 0.00851 e. The second-order valence-corrected chi connectivity index (χ2v) is 10.2. The summed E-state index contributed by atoms with van der Waals surface area (Å²) in [6.07, 6.45) is 11.9. The molecule has 0 aliphatic heterocycles. The molecule has 0 heteroatoms. The first kappa shape index (κ1) is 15.3. The Morgan fingerprint density at radius 3 is 2.45 bits per heavy atom. The molecule has 124 valence electrons. The second-order valence-electron chi connectivity index (χ2n) is 10.2. The maximum atomic E-state index is 4.54. The third-order valence-electron chi connectivity index (χ3n) is 9.25. The van der Waals surface area contributed by atoms with Crippen LogP contribution in [0.4, 0.5) is 0 Å². The third kappa shape index (κ3) is 1.88. The minimum Gasteiger partial charge on any atom is -0.0990 e. The van der Waals surface area contributed by atoms with Crippen LogP contribution in [0.5, 0.6) is 0 Å². The summed E-state index contributed by atoms with van der Waals surface area (Å²) >= 11 is 0. The van der Waals surface area contributed by atoms with Crippen LogP contribution in [-0.2, 0) is 0 Å². The highest BCUT2D eigenvalue weighted by atomic mass is 14.6. The molecular formula is C22H36. The van der Waals surface area contributed by atoms with Gasteiger partial charge >= 0.3 is 0 Å². The Hall–Kier alpha value is -0.260. The van der Waals surface area contributed by atoms with Crippen molar-refractivity contribution in [3.63, 3.8) is 0 Å². The van der Waals surface area contributed by atoms with Crippen molar-refractivity contribution in [2.24, 2.45) is 46.3 Å². The molecule has 0 nitrogen and oxygen atoms in total. The Labute approximate surface area is 138 Å². The summed E-state index contributed by atoms with van der Waals surface area (Å²) in [5.74, 6) is 5.76. The van der Waals surface area contributed by atoms with Crippen LogP contribution in [0.15, 0.2) is 12.2 Å². The monoisotopic (exact) mass is 300 g/mol. The lowest BCUT2D eigenvalue weighted by Gasteiger charge is -2.60. The molecule has 0 aromatic heterocycles. The molecule has 4 rings (SSSR count). The van der Waals surface area contributed by atoms with E-state index in [4.69, 9.17) is 0 Å². The van der Waals surface area contributed by atoms with Crippen molar-refractivity contribution < 1.29 is 0 Å². The van der Waals surface area contributed by atoms with E-state index >= 15 is 0 Å². The molecule has 4 aliphatic rings. The summed E-state index contributed by atoms with van der Waals surface area (Å²) < 4.78 is 0. The predicted octanol–water partition coefficient (Wildman–Crippen LogP) is 6.47. The van der Waals surface area contributed by atoms with Gasteiger partial charge in [-0.3, -0.25) is 0 Å². The van der Waals surface area contributed by atoms with Crippen molar-refractivity contribution in [3.8, 4) is 0 Å². The van der Waals surface area contributed by atoms with E-state index in [0.717, 1.165) is 35.5 Å². The average Bonchev–Trinajstić information content (AvgIpc) is 2.72. The first-order valence-electron chi connectivity index (χ1n) is 10.1. The molecule has 22 heavy (non-hydrogen) atoms. The van der Waals surface area contributed by atoms with Crippen LogP contribution in [-0.4, -0.2) is 0 Å². The summed E-state index contributed by atoms with van der Waals surface area (Å²) in [6.45, 7) is 14.7. The minimum atomic E-state index is 0.478. The first-order chi connectivity index (χ1) is 10.4. The van der Waals surface area contributed by atoms with Crippen LogP contribution in [0.2, 0.25) is 0 Å². The number of rotatable bonds is 0. The topological polar surface area (TPSA) is 0 Å². The lowest BCUT2D eigenvalue weighted by molar-refractivity contribution is -0.105. The Morgan fingerprint density at radius 1 is 0.909 bits per heavy atom. The van der Waals surface area contributed by atoms with E-state index in [-0.39, 0.29) is 0 Å². The largest absolute Gasteiger partial charge is 0.0990 e. The summed E-state index contributed by atoms with van der Waals surface area (Å²) in [5.41, 5.74) is 2.75. The van der Waals surface area contributed by atoms with Crippen LogP contribution in [0.3, 0.4) is 0 Å². The van der Waals surface area contributed by atoms with Crippen LogP contribution >= 0.6 is 0 Å². The zero-order valence-electron chi connectivity index (χ0n) is 15.3. The van der Waals surface area contributed by atoms with Crippen LogP contribution in [0.25, 0.3) is 0 Å². The van der Waals surface area contributed by atoms with Gasteiger partial charge in [0.2, 0.25) is 0 Å². The lowest BCUT2D eigenvalue weighted by atomic mass is 9.44. The van der Waals surface area contributed by atoms with Crippen molar-refractivity contribution in [2.75, 3.05) is 0 Å². The third-order valence-corrected chi connectivity index (χ3v) is 9.25. The highest BCUT2D eigenvalue weighted by Gasteiger charge is 2.59. The van der Waals surface area contributed by atoms with E-state index in [1.807, 2.05) is 0 Å². The van der Waals surface area contributed by atoms with Crippen molar-refractivity contribution in [3.05, 3.63) is 12.2 Å². The minimum absolute atomic E-state index is 0.478. The van der Waals surface area contributed by atoms with Gasteiger partial charge in [-0.2, -0.15) is 0 Å². The average molecular weight is 301 g/mol. The number of fused-ring (bicyclic) bond motifs is 5. The normalized spacial score (nSPS) is 57.9. The zero-order chi connectivity index (χ0) is 15.7. The van der Waals surface area contributed by atoms with Gasteiger partial charge in [0.05, 0.1) is 0 Å². The molecule has 0 spiro atoms. The molecule has 0 heterocycles. The number of hydrogen-bond donors (Lipinski definition) is 0. The molecule has 4 fully saturated rings. The summed E-state index contributed by atoms with van der Waals surface area (Å²) in [4.78, 5) is 0. The van der Waals surface area contributed by atoms with E-state index < -0.39 is 0 Å². The SMILES string of the molecule is C=C1C(C)CC2C3CCC4CC(C)CCC4(C)C3CCC12C. The fourth-order valence-corrected chi connectivity index (χ4v) is 7.71. The second kappa shape index (κ2) is 4.87. The van der Waals surface area contributed by atoms with E-state index in [9.17, 15) is 0 Å². The van der Waals surface area contributed by atoms with Gasteiger partial charge < -0.3 is 0 Å². The molecule has 0 aromatic carbocycles. The zero-order valence-corrected chi connectivity index (χ0v) is 15.3. The molecule has 0 saturated heterocycles. The van der Waals surface area contributed by atoms with Gasteiger partial charge in [-0.1, -0.05) is 46.3 Å². The van der Waals surface area contributed by atoms with Gasteiger partial charge in [0.25, 0.3) is 0 Å². The van der Waals surface area contributed by atoms with Gasteiger partial charge in [0, 0.05) is 0 Å².